The molecular formula is C15H18N4O3S. The minimum Gasteiger partial charge on any atom is -0.497 e. The molecule has 1 N–H and O–H groups in total. The van der Waals surface area contributed by atoms with Crippen molar-refractivity contribution in [3.63, 3.8) is 0 Å². The van der Waals surface area contributed by atoms with Crippen molar-refractivity contribution < 1.29 is 14.6 Å². The minimum atomic E-state index is -0.902. The summed E-state index contributed by atoms with van der Waals surface area (Å²) < 4.78 is 6.71. The standard InChI is InChI=1S/C15H18N4O3S/c1-3-4-13-17-18-15(23-10-14(20)21)19(13)16-9-11-5-7-12(22-2)8-6-11/h5-9H,3-4,10H2,1-2H3,(H,20,21)/b16-9-. The van der Waals surface area contributed by atoms with Crippen LogP contribution in [-0.2, 0) is 11.2 Å². The second kappa shape index (κ2) is 8.33. The van der Waals surface area contributed by atoms with Gasteiger partial charge < -0.3 is 9.84 Å². The van der Waals surface area contributed by atoms with Crippen LogP contribution in [0.5, 0.6) is 5.75 Å². The Morgan fingerprint density at radius 2 is 2.13 bits per heavy atom. The van der Waals surface area contributed by atoms with Gasteiger partial charge in [-0.15, -0.1) is 10.2 Å². The zero-order valence-corrected chi connectivity index (χ0v) is 13.8. The first kappa shape index (κ1) is 17.0. The van der Waals surface area contributed by atoms with Crippen molar-refractivity contribution in [1.29, 1.82) is 0 Å². The van der Waals surface area contributed by atoms with Gasteiger partial charge in [-0.25, -0.2) is 0 Å². The second-order valence-corrected chi connectivity index (χ2v) is 5.60. The van der Waals surface area contributed by atoms with E-state index < -0.39 is 5.97 Å². The van der Waals surface area contributed by atoms with E-state index in [0.717, 1.165) is 35.9 Å². The first-order valence-corrected chi connectivity index (χ1v) is 8.10. The maximum atomic E-state index is 10.7. The van der Waals surface area contributed by atoms with Gasteiger partial charge in [0.2, 0.25) is 5.16 Å². The topological polar surface area (TPSA) is 89.6 Å². The Labute approximate surface area is 138 Å². The van der Waals surface area contributed by atoms with Gasteiger partial charge in [0.15, 0.2) is 5.82 Å². The Morgan fingerprint density at radius 1 is 1.39 bits per heavy atom. The van der Waals surface area contributed by atoms with E-state index in [4.69, 9.17) is 9.84 Å². The Bertz CT molecular complexity index is 683. The van der Waals surface area contributed by atoms with Gasteiger partial charge >= 0.3 is 5.97 Å². The number of thioether (sulfide) groups is 1. The van der Waals surface area contributed by atoms with Crippen molar-refractivity contribution in [2.45, 2.75) is 24.9 Å². The number of carboxylic acid groups (broad SMARTS) is 1. The van der Waals surface area contributed by atoms with Crippen molar-refractivity contribution >= 4 is 23.9 Å². The first-order valence-electron chi connectivity index (χ1n) is 7.11. The number of carboxylic acids is 1. The molecule has 0 unspecified atom stereocenters. The van der Waals surface area contributed by atoms with Gasteiger partial charge in [-0.2, -0.15) is 9.78 Å². The molecule has 0 amide bonds. The van der Waals surface area contributed by atoms with Crippen LogP contribution in [0.3, 0.4) is 0 Å². The lowest BCUT2D eigenvalue weighted by molar-refractivity contribution is -0.133. The van der Waals surface area contributed by atoms with E-state index in [9.17, 15) is 4.79 Å². The molecular weight excluding hydrogens is 316 g/mol. The molecule has 0 spiro atoms. The van der Waals surface area contributed by atoms with E-state index in [-0.39, 0.29) is 5.75 Å². The second-order valence-electron chi connectivity index (χ2n) is 4.66. The zero-order chi connectivity index (χ0) is 16.7. The molecule has 8 heteroatoms. The number of hydrogen-bond donors (Lipinski definition) is 1. The lowest BCUT2D eigenvalue weighted by atomic mass is 10.2. The number of methoxy groups -OCH3 is 1. The third-order valence-corrected chi connectivity index (χ3v) is 3.82. The van der Waals surface area contributed by atoms with E-state index in [1.54, 1.807) is 18.0 Å². The Balaban J connectivity index is 2.22. The highest BCUT2D eigenvalue weighted by molar-refractivity contribution is 7.99. The van der Waals surface area contributed by atoms with Crippen LogP contribution in [0.1, 0.15) is 24.7 Å². The summed E-state index contributed by atoms with van der Waals surface area (Å²) in [6.45, 7) is 2.04. The summed E-state index contributed by atoms with van der Waals surface area (Å²) in [5.41, 5.74) is 0.899. The van der Waals surface area contributed by atoms with Gasteiger partial charge in [-0.05, 0) is 36.2 Å². The van der Waals surface area contributed by atoms with E-state index in [2.05, 4.69) is 15.3 Å². The van der Waals surface area contributed by atoms with Crippen LogP contribution in [0.25, 0.3) is 0 Å². The Hall–Kier alpha value is -2.35. The molecule has 23 heavy (non-hydrogen) atoms. The quantitative estimate of drug-likeness (QED) is 0.588. The highest BCUT2D eigenvalue weighted by atomic mass is 32.2. The van der Waals surface area contributed by atoms with Crippen molar-refractivity contribution in [1.82, 2.24) is 14.9 Å². The molecule has 0 saturated carbocycles. The minimum absolute atomic E-state index is 0.0810. The highest BCUT2D eigenvalue weighted by Crippen LogP contribution is 2.18. The van der Waals surface area contributed by atoms with Crippen LogP contribution in [-0.4, -0.2) is 45.0 Å². The van der Waals surface area contributed by atoms with Gasteiger partial charge in [0.25, 0.3) is 0 Å². The fraction of sp³-hybridized carbons (Fsp3) is 0.333. The zero-order valence-electron chi connectivity index (χ0n) is 13.0. The first-order chi connectivity index (χ1) is 11.1. The van der Waals surface area contributed by atoms with Crippen LogP contribution in [0.4, 0.5) is 0 Å². The van der Waals surface area contributed by atoms with Gasteiger partial charge in [-0.3, -0.25) is 4.79 Å². The molecule has 7 nitrogen and oxygen atoms in total. The lowest BCUT2D eigenvalue weighted by Crippen LogP contribution is -2.03. The summed E-state index contributed by atoms with van der Waals surface area (Å²) in [6, 6.07) is 7.47. The normalized spacial score (nSPS) is 11.0. The average molecular weight is 334 g/mol. The van der Waals surface area contributed by atoms with E-state index in [1.165, 1.54) is 0 Å². The predicted molar refractivity (Wildman–Crippen MR) is 88.4 cm³/mol. The molecule has 0 saturated heterocycles. The van der Waals surface area contributed by atoms with Crippen molar-refractivity contribution in [2.75, 3.05) is 12.9 Å². The summed E-state index contributed by atoms with van der Waals surface area (Å²) in [5.74, 6) is 0.504. The van der Waals surface area contributed by atoms with E-state index in [1.807, 2.05) is 31.2 Å². The molecule has 122 valence electrons. The largest absolute Gasteiger partial charge is 0.497 e. The van der Waals surface area contributed by atoms with E-state index >= 15 is 0 Å². The van der Waals surface area contributed by atoms with Gasteiger partial charge in [0.05, 0.1) is 19.1 Å². The molecule has 1 aromatic carbocycles. The van der Waals surface area contributed by atoms with Crippen LogP contribution in [0.2, 0.25) is 0 Å². The van der Waals surface area contributed by atoms with Gasteiger partial charge in [-0.1, -0.05) is 18.7 Å². The molecule has 0 atom stereocenters. The monoisotopic (exact) mass is 334 g/mol. The third kappa shape index (κ3) is 4.82. The van der Waals surface area contributed by atoms with Crippen LogP contribution >= 0.6 is 11.8 Å². The van der Waals surface area contributed by atoms with Crippen LogP contribution < -0.4 is 4.74 Å². The summed E-state index contributed by atoms with van der Waals surface area (Å²) in [5, 5.41) is 21.8. The number of ether oxygens (including phenoxy) is 1. The summed E-state index contributed by atoms with van der Waals surface area (Å²) >= 11 is 1.10. The van der Waals surface area contributed by atoms with Crippen molar-refractivity contribution in [3.05, 3.63) is 35.7 Å². The van der Waals surface area contributed by atoms with Crippen molar-refractivity contribution in [2.24, 2.45) is 5.10 Å². The Morgan fingerprint density at radius 3 is 2.74 bits per heavy atom. The number of carbonyl (C=O) groups is 1. The molecule has 1 aromatic heterocycles. The summed E-state index contributed by atoms with van der Waals surface area (Å²) in [7, 11) is 1.61. The number of rotatable bonds is 8. The molecule has 1 heterocycles. The molecule has 2 aromatic rings. The summed E-state index contributed by atoms with van der Waals surface area (Å²) in [6.07, 6.45) is 3.31. The maximum Gasteiger partial charge on any atom is 0.313 e. The van der Waals surface area contributed by atoms with Gasteiger partial charge in [0.1, 0.15) is 5.75 Å². The number of benzene rings is 1. The molecule has 0 aliphatic rings. The SMILES string of the molecule is CCCc1nnc(SCC(=O)O)n1/N=C\c1ccc(OC)cc1. The number of nitrogens with zero attached hydrogens (tertiary/aromatic N) is 4. The van der Waals surface area contributed by atoms with Crippen LogP contribution in [0, 0.1) is 0 Å². The van der Waals surface area contributed by atoms with Crippen LogP contribution in [0.15, 0.2) is 34.5 Å². The molecule has 0 aliphatic heterocycles. The number of aryl methyl sites for hydroxylation is 1. The third-order valence-electron chi connectivity index (χ3n) is 2.91. The molecule has 0 bridgehead atoms. The molecule has 0 aliphatic carbocycles. The number of aliphatic carboxylic acids is 1. The van der Waals surface area contributed by atoms with E-state index in [0.29, 0.717) is 11.0 Å². The fourth-order valence-corrected chi connectivity index (χ4v) is 2.45. The predicted octanol–water partition coefficient (Wildman–Crippen LogP) is 2.30. The number of hydrogen-bond acceptors (Lipinski definition) is 6. The summed E-state index contributed by atoms with van der Waals surface area (Å²) in [4.78, 5) is 10.7. The van der Waals surface area contributed by atoms with Crippen molar-refractivity contribution in [3.8, 4) is 5.75 Å². The number of aromatic nitrogens is 3. The molecule has 0 radical (unpaired) electrons. The molecule has 0 fully saturated rings. The smallest absolute Gasteiger partial charge is 0.313 e. The highest BCUT2D eigenvalue weighted by Gasteiger charge is 2.12. The maximum absolute atomic E-state index is 10.7. The lowest BCUT2D eigenvalue weighted by Gasteiger charge is -2.03. The fourth-order valence-electron chi connectivity index (χ4n) is 1.82. The Kier molecular flexibility index (Phi) is 6.16. The van der Waals surface area contributed by atoms with Gasteiger partial charge in [0, 0.05) is 6.42 Å². The average Bonchev–Trinajstić information content (AvgIpc) is 2.93. The molecule has 2 rings (SSSR count).